The topological polar surface area (TPSA) is 80.3 Å². The first-order valence-electron chi connectivity index (χ1n) is 8.85. The summed E-state index contributed by atoms with van der Waals surface area (Å²) in [6.45, 7) is 5.06. The zero-order valence-corrected chi connectivity index (χ0v) is 14.8. The molecule has 7 heteroatoms. The van der Waals surface area contributed by atoms with Gasteiger partial charge in [-0.15, -0.1) is 0 Å². The summed E-state index contributed by atoms with van der Waals surface area (Å²) in [5.41, 5.74) is 0. The maximum atomic E-state index is 11.8. The second-order valence-electron chi connectivity index (χ2n) is 5.67. The molecule has 0 aromatic heterocycles. The van der Waals surface area contributed by atoms with Crippen molar-refractivity contribution in [3.05, 3.63) is 0 Å². The Hall–Kier alpha value is -1.18. The number of ether oxygens (including phenoxy) is 5. The number of carbonyl (C=O) groups is 2. The minimum atomic E-state index is -1.44. The van der Waals surface area contributed by atoms with Crippen LogP contribution in [0.4, 0.5) is 0 Å². The van der Waals surface area contributed by atoms with Gasteiger partial charge in [0.25, 0.3) is 0 Å². The van der Waals surface area contributed by atoms with Gasteiger partial charge in [0, 0.05) is 12.8 Å². The smallest absolute Gasteiger partial charge is 0.319 e. The molecule has 1 aliphatic rings. The van der Waals surface area contributed by atoms with E-state index in [9.17, 15) is 9.59 Å². The van der Waals surface area contributed by atoms with E-state index in [0.717, 1.165) is 25.7 Å². The lowest BCUT2D eigenvalue weighted by molar-refractivity contribution is -0.393. The molecule has 0 saturated carbocycles. The van der Waals surface area contributed by atoms with Crippen molar-refractivity contribution in [1.29, 1.82) is 0 Å². The van der Waals surface area contributed by atoms with Gasteiger partial charge in [0.05, 0.1) is 19.8 Å². The van der Waals surface area contributed by atoms with E-state index in [1.54, 1.807) is 0 Å². The molecule has 0 spiro atoms. The number of esters is 2. The number of carbonyl (C=O) groups excluding carboxylic acids is 2. The molecule has 0 atom stereocenters. The van der Waals surface area contributed by atoms with Gasteiger partial charge in [-0.3, -0.25) is 9.59 Å². The van der Waals surface area contributed by atoms with Gasteiger partial charge in [0.2, 0.25) is 0 Å². The summed E-state index contributed by atoms with van der Waals surface area (Å²) in [5.74, 6) is -2.20. The predicted octanol–water partition coefficient (Wildman–Crippen LogP) is 2.56. The van der Waals surface area contributed by atoms with Crippen LogP contribution in [0.2, 0.25) is 0 Å². The average Bonchev–Trinajstić information content (AvgIpc) is 2.56. The van der Waals surface area contributed by atoms with E-state index in [0.29, 0.717) is 19.6 Å². The lowest BCUT2D eigenvalue weighted by atomic mass is 10.2. The molecule has 1 aliphatic heterocycles. The first-order valence-corrected chi connectivity index (χ1v) is 8.85. The molecule has 140 valence electrons. The van der Waals surface area contributed by atoms with Crippen molar-refractivity contribution in [3.63, 3.8) is 0 Å². The van der Waals surface area contributed by atoms with E-state index in [4.69, 9.17) is 23.7 Å². The maximum absolute atomic E-state index is 11.8. The summed E-state index contributed by atoms with van der Waals surface area (Å²) in [6.07, 6.45) is 4.34. The van der Waals surface area contributed by atoms with Crippen molar-refractivity contribution in [3.8, 4) is 0 Å². The Balaban J connectivity index is 2.73. The van der Waals surface area contributed by atoms with Gasteiger partial charge in [-0.05, 0) is 19.3 Å². The fraction of sp³-hybridized carbons (Fsp3) is 0.882. The Labute approximate surface area is 143 Å². The minimum absolute atomic E-state index is 0.113. The number of hydrogen-bond donors (Lipinski definition) is 0. The Morgan fingerprint density at radius 1 is 0.917 bits per heavy atom. The van der Waals surface area contributed by atoms with E-state index in [2.05, 4.69) is 13.8 Å². The third-order valence-electron chi connectivity index (χ3n) is 3.48. The molecule has 0 aliphatic carbocycles. The van der Waals surface area contributed by atoms with Crippen molar-refractivity contribution < 1.29 is 33.3 Å². The minimum Gasteiger partial charge on any atom is -0.463 e. The van der Waals surface area contributed by atoms with E-state index in [1.807, 2.05) is 0 Å². The molecule has 1 heterocycles. The monoisotopic (exact) mass is 346 g/mol. The third-order valence-corrected chi connectivity index (χ3v) is 3.48. The lowest BCUT2D eigenvalue weighted by Crippen LogP contribution is -2.46. The molecule has 1 fully saturated rings. The van der Waals surface area contributed by atoms with Crippen LogP contribution in [0.25, 0.3) is 0 Å². The van der Waals surface area contributed by atoms with Crippen LogP contribution in [0.5, 0.6) is 0 Å². The van der Waals surface area contributed by atoms with Gasteiger partial charge in [-0.25, -0.2) is 0 Å². The van der Waals surface area contributed by atoms with Crippen molar-refractivity contribution in [1.82, 2.24) is 0 Å². The highest BCUT2D eigenvalue weighted by molar-refractivity contribution is 5.72. The number of cyclic esters (lactones) is 2. The van der Waals surface area contributed by atoms with Crippen LogP contribution in [-0.4, -0.2) is 50.9 Å². The zero-order valence-electron chi connectivity index (χ0n) is 14.8. The summed E-state index contributed by atoms with van der Waals surface area (Å²) in [4.78, 5) is 23.3. The summed E-state index contributed by atoms with van der Waals surface area (Å²) >= 11 is 0. The van der Waals surface area contributed by atoms with Crippen LogP contribution in [0, 0.1) is 0 Å². The highest BCUT2D eigenvalue weighted by Crippen LogP contribution is 2.19. The quantitative estimate of drug-likeness (QED) is 0.379. The summed E-state index contributed by atoms with van der Waals surface area (Å²) in [6, 6.07) is 0. The lowest BCUT2D eigenvalue weighted by Gasteiger charge is -2.33. The molecule has 7 nitrogen and oxygen atoms in total. The molecule has 24 heavy (non-hydrogen) atoms. The Morgan fingerprint density at radius 2 is 1.50 bits per heavy atom. The summed E-state index contributed by atoms with van der Waals surface area (Å²) < 4.78 is 27.6. The second-order valence-corrected chi connectivity index (χ2v) is 5.67. The normalized spacial score (nSPS) is 19.8. The summed E-state index contributed by atoms with van der Waals surface area (Å²) in [7, 11) is 0. The SMILES string of the molecule is CCCCOC1(OCCCC)COC(=O)CCCC(=O)OCCO1. The molecule has 0 N–H and O–H groups in total. The number of hydrogen-bond acceptors (Lipinski definition) is 7. The molecule has 0 radical (unpaired) electrons. The van der Waals surface area contributed by atoms with E-state index in [-0.39, 0.29) is 38.6 Å². The van der Waals surface area contributed by atoms with Crippen molar-refractivity contribution >= 4 is 11.9 Å². The van der Waals surface area contributed by atoms with Crippen LogP contribution in [0.1, 0.15) is 58.8 Å². The second kappa shape index (κ2) is 12.2. The van der Waals surface area contributed by atoms with Crippen molar-refractivity contribution in [2.75, 3.05) is 33.0 Å². The first-order chi connectivity index (χ1) is 11.6. The fourth-order valence-electron chi connectivity index (χ4n) is 2.04. The van der Waals surface area contributed by atoms with Gasteiger partial charge < -0.3 is 23.7 Å². The predicted molar refractivity (Wildman–Crippen MR) is 86.2 cm³/mol. The summed E-state index contributed by atoms with van der Waals surface area (Å²) in [5, 5.41) is 0. The Morgan fingerprint density at radius 3 is 2.08 bits per heavy atom. The van der Waals surface area contributed by atoms with E-state index in [1.165, 1.54) is 0 Å². The number of unbranched alkanes of at least 4 members (excludes halogenated alkanes) is 2. The highest BCUT2D eigenvalue weighted by Gasteiger charge is 2.36. The van der Waals surface area contributed by atoms with E-state index < -0.39 is 11.9 Å². The molecular weight excluding hydrogens is 316 g/mol. The highest BCUT2D eigenvalue weighted by atomic mass is 16.9. The molecule has 1 saturated heterocycles. The van der Waals surface area contributed by atoms with Gasteiger partial charge in [0.15, 0.2) is 6.61 Å². The van der Waals surface area contributed by atoms with E-state index >= 15 is 0 Å². The van der Waals surface area contributed by atoms with Crippen LogP contribution < -0.4 is 0 Å². The van der Waals surface area contributed by atoms with Crippen molar-refractivity contribution in [2.24, 2.45) is 0 Å². The van der Waals surface area contributed by atoms with Crippen LogP contribution in [0.15, 0.2) is 0 Å². The number of rotatable bonds is 8. The van der Waals surface area contributed by atoms with Gasteiger partial charge >= 0.3 is 17.9 Å². The van der Waals surface area contributed by atoms with Crippen molar-refractivity contribution in [2.45, 2.75) is 64.8 Å². The first kappa shape index (κ1) is 20.9. The fourth-order valence-corrected chi connectivity index (χ4v) is 2.04. The van der Waals surface area contributed by atoms with Crippen LogP contribution in [0.3, 0.4) is 0 Å². The maximum Gasteiger partial charge on any atom is 0.319 e. The Bertz CT molecular complexity index is 360. The Kier molecular flexibility index (Phi) is 10.6. The third kappa shape index (κ3) is 8.61. The molecule has 0 bridgehead atoms. The van der Waals surface area contributed by atoms with Gasteiger partial charge in [-0.1, -0.05) is 26.7 Å². The molecular formula is C17H30O7. The average molecular weight is 346 g/mol. The zero-order chi connectivity index (χ0) is 17.7. The molecule has 0 amide bonds. The molecule has 1 rings (SSSR count). The van der Waals surface area contributed by atoms with Gasteiger partial charge in [0.1, 0.15) is 6.61 Å². The standard InChI is InChI=1S/C17H30O7/c1-3-5-10-22-17(23-11-6-4-2)14-21-16(19)9-7-8-15(18)20-12-13-24-17/h3-14H2,1-2H3. The largest absolute Gasteiger partial charge is 0.463 e. The van der Waals surface area contributed by atoms with Crippen LogP contribution in [-0.2, 0) is 33.3 Å². The van der Waals surface area contributed by atoms with Gasteiger partial charge in [-0.2, -0.15) is 0 Å². The molecule has 0 unspecified atom stereocenters. The molecule has 0 aromatic rings. The molecule has 0 aromatic carbocycles. The van der Waals surface area contributed by atoms with Crippen LogP contribution >= 0.6 is 0 Å².